The second kappa shape index (κ2) is 10.1. The van der Waals surface area contributed by atoms with E-state index in [1.807, 2.05) is 6.07 Å². The van der Waals surface area contributed by atoms with Crippen molar-refractivity contribution in [2.24, 2.45) is 10.7 Å². The van der Waals surface area contributed by atoms with Gasteiger partial charge in [-0.15, -0.1) is 0 Å². The number of H-pyrrole nitrogens is 1. The first-order valence-electron chi connectivity index (χ1n) is 11.1. The lowest BCUT2D eigenvalue weighted by atomic mass is 10.0. The normalized spacial score (nSPS) is 16.2. The van der Waals surface area contributed by atoms with Gasteiger partial charge in [0.2, 0.25) is 0 Å². The van der Waals surface area contributed by atoms with Crippen LogP contribution in [-0.4, -0.2) is 59.1 Å². The van der Waals surface area contributed by atoms with E-state index in [0.29, 0.717) is 16.7 Å². The van der Waals surface area contributed by atoms with Gasteiger partial charge in [-0.1, -0.05) is 6.92 Å². The summed E-state index contributed by atoms with van der Waals surface area (Å²) >= 11 is 0. The molecule has 1 aromatic carbocycles. The molecule has 0 spiro atoms. The van der Waals surface area contributed by atoms with E-state index < -0.39 is 11.6 Å². The molecular weight excluding hydrogens is 426 g/mol. The number of ether oxygens (including phenoxy) is 1. The van der Waals surface area contributed by atoms with E-state index in [9.17, 15) is 8.78 Å². The van der Waals surface area contributed by atoms with Gasteiger partial charge in [-0.05, 0) is 37.6 Å². The second-order valence-electron chi connectivity index (χ2n) is 8.08. The van der Waals surface area contributed by atoms with Crippen LogP contribution in [0.25, 0.3) is 16.6 Å². The molecule has 7 nitrogen and oxygen atoms in total. The molecule has 2 aromatic heterocycles. The lowest BCUT2D eigenvalue weighted by Gasteiger charge is -2.28. The maximum absolute atomic E-state index is 14.7. The Labute approximate surface area is 191 Å². The number of piperidine rings is 1. The van der Waals surface area contributed by atoms with Crippen molar-refractivity contribution in [1.82, 2.24) is 20.1 Å². The van der Waals surface area contributed by atoms with Gasteiger partial charge >= 0.3 is 0 Å². The number of nitrogens with one attached hydrogen (secondary N) is 1. The Morgan fingerprint density at radius 2 is 2.12 bits per heavy atom. The highest BCUT2D eigenvalue weighted by atomic mass is 19.1. The third-order valence-corrected chi connectivity index (χ3v) is 6.15. The number of aliphatic imine (C=N–C) groups is 1. The third-order valence-electron chi connectivity index (χ3n) is 6.15. The number of aromatic amines is 1. The van der Waals surface area contributed by atoms with Crippen LogP contribution in [0.2, 0.25) is 0 Å². The van der Waals surface area contributed by atoms with Crippen LogP contribution in [0.5, 0.6) is 5.75 Å². The molecule has 1 aliphatic rings. The molecule has 0 aliphatic carbocycles. The van der Waals surface area contributed by atoms with Crippen molar-refractivity contribution >= 4 is 22.8 Å². The summed E-state index contributed by atoms with van der Waals surface area (Å²) in [5, 5.41) is 7.70. The molecule has 0 bridgehead atoms. The fraction of sp³-hybridized carbons (Fsp3) is 0.375. The highest BCUT2D eigenvalue weighted by Crippen LogP contribution is 2.27. The number of methoxy groups -OCH3 is 1. The second-order valence-corrected chi connectivity index (χ2v) is 8.08. The summed E-state index contributed by atoms with van der Waals surface area (Å²) in [5.74, 6) is -1.39. The number of benzene rings is 1. The fourth-order valence-corrected chi connectivity index (χ4v) is 4.10. The van der Waals surface area contributed by atoms with E-state index >= 15 is 0 Å². The molecule has 174 valence electrons. The largest absolute Gasteiger partial charge is 0.494 e. The number of nitrogens with zero attached hydrogens (tertiary/aromatic N) is 4. The Balaban J connectivity index is 1.58. The molecule has 3 N–H and O–H groups in total. The Kier molecular flexibility index (Phi) is 6.98. The predicted octanol–water partition coefficient (Wildman–Crippen LogP) is 3.69. The minimum absolute atomic E-state index is 0.0108. The van der Waals surface area contributed by atoms with Gasteiger partial charge in [0.1, 0.15) is 5.82 Å². The van der Waals surface area contributed by atoms with Crippen LogP contribution in [0.15, 0.2) is 35.6 Å². The van der Waals surface area contributed by atoms with E-state index in [2.05, 4.69) is 27.0 Å². The maximum Gasteiger partial charge on any atom is 0.181 e. The molecule has 0 unspecified atom stereocenters. The van der Waals surface area contributed by atoms with Gasteiger partial charge in [0.05, 0.1) is 13.2 Å². The summed E-state index contributed by atoms with van der Waals surface area (Å²) < 4.78 is 34.0. The minimum Gasteiger partial charge on any atom is -0.494 e. The number of likely N-dealkylation sites (tertiary alicyclic amines) is 1. The molecule has 33 heavy (non-hydrogen) atoms. The molecule has 1 saturated heterocycles. The molecule has 9 heteroatoms. The summed E-state index contributed by atoms with van der Waals surface area (Å²) in [6.07, 6.45) is 6.96. The average Bonchev–Trinajstić information content (AvgIpc) is 3.24. The lowest BCUT2D eigenvalue weighted by molar-refractivity contribution is 0.224. The SMILES string of the molecule is CCN1CCC(N=CC(=CN)c2cnc3n[nH]c(Cc4c(F)ccc(OC)c4F)c3c2)CC1. The number of rotatable bonds is 7. The standard InChI is InChI=1S/C24H28F2N6O/c1-3-32-8-6-17(7-9-32)28-14-16(12-27)15-10-19-21(30-31-24(19)29-13-15)11-18-20(25)4-5-22(33-2)23(18)26/h4-5,10,12-14,17H,3,6-9,11,27H2,1-2H3,(H,29,30,31). The number of fused-ring (bicyclic) bond motifs is 1. The number of hydrogen-bond acceptors (Lipinski definition) is 6. The van der Waals surface area contributed by atoms with Crippen molar-refractivity contribution in [2.45, 2.75) is 32.2 Å². The maximum atomic E-state index is 14.7. The minimum atomic E-state index is -0.729. The van der Waals surface area contributed by atoms with Crippen LogP contribution in [0.3, 0.4) is 0 Å². The first kappa shape index (κ1) is 22.8. The first-order chi connectivity index (χ1) is 16.0. The van der Waals surface area contributed by atoms with Crippen LogP contribution in [-0.2, 0) is 6.42 Å². The van der Waals surface area contributed by atoms with Gasteiger partial charge in [-0.25, -0.2) is 13.8 Å². The molecule has 0 radical (unpaired) electrons. The monoisotopic (exact) mass is 454 g/mol. The Bertz CT molecular complexity index is 1180. The summed E-state index contributed by atoms with van der Waals surface area (Å²) in [5.41, 5.74) is 8.28. The van der Waals surface area contributed by atoms with Crippen LogP contribution < -0.4 is 10.5 Å². The van der Waals surface area contributed by atoms with Crippen molar-refractivity contribution in [3.8, 4) is 5.75 Å². The van der Waals surface area contributed by atoms with Crippen LogP contribution in [0.1, 0.15) is 36.6 Å². The molecule has 1 fully saturated rings. The molecule has 0 amide bonds. The number of allylic oxidation sites excluding steroid dienone is 1. The average molecular weight is 455 g/mol. The number of hydrogen-bond donors (Lipinski definition) is 2. The molecule has 4 rings (SSSR count). The Morgan fingerprint density at radius 3 is 2.82 bits per heavy atom. The number of halogens is 2. The number of aromatic nitrogens is 3. The quantitative estimate of drug-likeness (QED) is 0.531. The molecular formula is C24H28F2N6O. The first-order valence-corrected chi connectivity index (χ1v) is 11.1. The van der Waals surface area contributed by atoms with E-state index in [-0.39, 0.29) is 23.8 Å². The lowest BCUT2D eigenvalue weighted by Crippen LogP contribution is -2.35. The summed E-state index contributed by atoms with van der Waals surface area (Å²) in [7, 11) is 1.34. The van der Waals surface area contributed by atoms with Crippen molar-refractivity contribution in [3.05, 3.63) is 59.1 Å². The van der Waals surface area contributed by atoms with E-state index in [0.717, 1.165) is 43.6 Å². The molecule has 1 aliphatic heterocycles. The molecule has 0 saturated carbocycles. The van der Waals surface area contributed by atoms with Gasteiger partial charge < -0.3 is 15.4 Å². The van der Waals surface area contributed by atoms with Crippen molar-refractivity contribution < 1.29 is 13.5 Å². The van der Waals surface area contributed by atoms with Gasteiger partial charge in [0.15, 0.2) is 17.2 Å². The number of nitrogens with two attached hydrogens (primary N) is 1. The zero-order valence-electron chi connectivity index (χ0n) is 18.8. The van der Waals surface area contributed by atoms with E-state index in [4.69, 9.17) is 15.5 Å². The highest BCUT2D eigenvalue weighted by molar-refractivity contribution is 6.10. The van der Waals surface area contributed by atoms with Crippen molar-refractivity contribution in [3.63, 3.8) is 0 Å². The van der Waals surface area contributed by atoms with Crippen molar-refractivity contribution in [2.75, 3.05) is 26.7 Å². The Morgan fingerprint density at radius 1 is 1.33 bits per heavy atom. The molecule has 0 atom stereocenters. The summed E-state index contributed by atoms with van der Waals surface area (Å²) in [6, 6.07) is 4.59. The Hall–Kier alpha value is -3.33. The zero-order chi connectivity index (χ0) is 23.4. The number of pyridine rings is 1. The van der Waals surface area contributed by atoms with Gasteiger partial charge in [-0.2, -0.15) is 5.10 Å². The van der Waals surface area contributed by atoms with Crippen LogP contribution in [0, 0.1) is 11.6 Å². The fourth-order valence-electron chi connectivity index (χ4n) is 4.10. The third kappa shape index (κ3) is 4.88. The van der Waals surface area contributed by atoms with Crippen LogP contribution in [0.4, 0.5) is 8.78 Å². The van der Waals surface area contributed by atoms with Gasteiger partial charge in [-0.3, -0.25) is 10.1 Å². The van der Waals surface area contributed by atoms with E-state index in [1.54, 1.807) is 12.4 Å². The predicted molar refractivity (Wildman–Crippen MR) is 125 cm³/mol. The van der Waals surface area contributed by atoms with Gasteiger partial charge in [0.25, 0.3) is 0 Å². The molecule has 3 heterocycles. The van der Waals surface area contributed by atoms with E-state index in [1.165, 1.54) is 25.4 Å². The zero-order valence-corrected chi connectivity index (χ0v) is 18.8. The topological polar surface area (TPSA) is 92.4 Å². The van der Waals surface area contributed by atoms with Crippen molar-refractivity contribution in [1.29, 1.82) is 0 Å². The van der Waals surface area contributed by atoms with Crippen LogP contribution >= 0.6 is 0 Å². The summed E-state index contributed by atoms with van der Waals surface area (Å²) in [4.78, 5) is 11.5. The smallest absolute Gasteiger partial charge is 0.181 e. The van der Waals surface area contributed by atoms with Gasteiger partial charge in [0, 0.05) is 65.9 Å². The summed E-state index contributed by atoms with van der Waals surface area (Å²) in [6.45, 7) is 5.32. The highest BCUT2D eigenvalue weighted by Gasteiger charge is 2.19. The molecule has 3 aromatic rings.